The second kappa shape index (κ2) is 7.07. The van der Waals surface area contributed by atoms with Crippen LogP contribution >= 0.6 is 0 Å². The standard InChI is InChI=1S/C20H16FN7O2/c1-2-30-14-8-6-11(7-9-14)16-15-17(19(29)24-23-16)22-20-25-26-27-28(20)18(15)12-4-3-5-13(21)10-12/h3-10,18H,2H2,1H3,(H,24,29)(H,22,25,27)/t18-/m1/s1. The molecule has 0 aliphatic carbocycles. The van der Waals surface area contributed by atoms with Gasteiger partial charge in [0.05, 0.1) is 12.3 Å². The summed E-state index contributed by atoms with van der Waals surface area (Å²) in [6.45, 7) is 2.46. The van der Waals surface area contributed by atoms with E-state index in [1.165, 1.54) is 16.8 Å². The summed E-state index contributed by atoms with van der Waals surface area (Å²) in [5.41, 5.74) is 2.27. The van der Waals surface area contributed by atoms with E-state index in [4.69, 9.17) is 4.74 Å². The van der Waals surface area contributed by atoms with Gasteiger partial charge in [-0.3, -0.25) is 4.79 Å². The first-order chi connectivity index (χ1) is 14.7. The molecule has 30 heavy (non-hydrogen) atoms. The SMILES string of the molecule is CCOc1ccc(-c2n[nH]c(=O)c3c2[C@@H](c2cccc(F)c2)n2nnnc2N3)cc1. The average molecular weight is 405 g/mol. The Labute approximate surface area is 169 Å². The van der Waals surface area contributed by atoms with E-state index in [1.54, 1.807) is 12.1 Å². The van der Waals surface area contributed by atoms with Gasteiger partial charge in [0.2, 0.25) is 5.95 Å². The second-order valence-electron chi connectivity index (χ2n) is 6.68. The lowest BCUT2D eigenvalue weighted by molar-refractivity contribution is 0.340. The number of halogens is 1. The molecule has 0 radical (unpaired) electrons. The van der Waals surface area contributed by atoms with Crippen molar-refractivity contribution in [3.63, 3.8) is 0 Å². The molecule has 5 rings (SSSR count). The summed E-state index contributed by atoms with van der Waals surface area (Å²) in [6, 6.07) is 12.8. The number of hydrogen-bond donors (Lipinski definition) is 2. The first-order valence-corrected chi connectivity index (χ1v) is 9.32. The number of aromatic amines is 1. The van der Waals surface area contributed by atoms with Gasteiger partial charge >= 0.3 is 0 Å². The lowest BCUT2D eigenvalue weighted by Crippen LogP contribution is -2.29. The number of hydrogen-bond acceptors (Lipinski definition) is 7. The van der Waals surface area contributed by atoms with Crippen LogP contribution in [0.5, 0.6) is 5.75 Å². The monoisotopic (exact) mass is 405 g/mol. The molecule has 10 heteroatoms. The number of nitrogens with one attached hydrogen (secondary N) is 2. The Morgan fingerprint density at radius 3 is 2.80 bits per heavy atom. The highest BCUT2D eigenvalue weighted by Gasteiger charge is 2.34. The van der Waals surface area contributed by atoms with Crippen LogP contribution in [0, 0.1) is 5.82 Å². The average Bonchev–Trinajstić information content (AvgIpc) is 3.22. The molecular formula is C20H16FN7O2. The first kappa shape index (κ1) is 18.0. The van der Waals surface area contributed by atoms with Crippen LogP contribution in [0.2, 0.25) is 0 Å². The van der Waals surface area contributed by atoms with Crippen LogP contribution in [0.4, 0.5) is 16.0 Å². The van der Waals surface area contributed by atoms with E-state index < -0.39 is 17.4 Å². The van der Waals surface area contributed by atoms with E-state index in [0.717, 1.165) is 11.3 Å². The molecule has 1 aliphatic heterocycles. The summed E-state index contributed by atoms with van der Waals surface area (Å²) < 4.78 is 21.1. The van der Waals surface area contributed by atoms with Crippen LogP contribution in [0.3, 0.4) is 0 Å². The lowest BCUT2D eigenvalue weighted by atomic mass is 9.92. The third-order valence-electron chi connectivity index (χ3n) is 4.87. The summed E-state index contributed by atoms with van der Waals surface area (Å²) in [6.07, 6.45) is 0. The molecule has 2 aromatic heterocycles. The molecule has 0 amide bonds. The predicted octanol–water partition coefficient (Wildman–Crippen LogP) is 2.66. The summed E-state index contributed by atoms with van der Waals surface area (Å²) >= 11 is 0. The van der Waals surface area contributed by atoms with Crippen molar-refractivity contribution in [2.75, 3.05) is 11.9 Å². The van der Waals surface area contributed by atoms with Gasteiger partial charge in [-0.1, -0.05) is 17.2 Å². The molecule has 0 bridgehead atoms. The molecule has 1 atom stereocenters. The minimum absolute atomic E-state index is 0.269. The highest BCUT2D eigenvalue weighted by molar-refractivity contribution is 5.75. The van der Waals surface area contributed by atoms with Crippen LogP contribution in [0.1, 0.15) is 24.1 Å². The molecule has 3 heterocycles. The number of tetrazole rings is 1. The second-order valence-corrected chi connectivity index (χ2v) is 6.68. The normalized spacial score (nSPS) is 14.5. The van der Waals surface area contributed by atoms with Crippen molar-refractivity contribution >= 4 is 11.6 Å². The predicted molar refractivity (Wildman–Crippen MR) is 106 cm³/mol. The van der Waals surface area contributed by atoms with Gasteiger partial charge in [-0.05, 0) is 59.3 Å². The van der Waals surface area contributed by atoms with Crippen LogP contribution in [-0.4, -0.2) is 37.0 Å². The van der Waals surface area contributed by atoms with E-state index >= 15 is 0 Å². The molecule has 0 saturated heterocycles. The van der Waals surface area contributed by atoms with Crippen LogP contribution in [-0.2, 0) is 0 Å². The molecule has 150 valence electrons. The lowest BCUT2D eigenvalue weighted by Gasteiger charge is -2.27. The fourth-order valence-corrected chi connectivity index (χ4v) is 3.62. The van der Waals surface area contributed by atoms with Crippen molar-refractivity contribution in [3.05, 3.63) is 75.8 Å². The number of aromatic nitrogens is 6. The quantitative estimate of drug-likeness (QED) is 0.473. The topological polar surface area (TPSA) is 111 Å². The number of ether oxygens (including phenoxy) is 1. The molecule has 4 aromatic rings. The zero-order valence-electron chi connectivity index (χ0n) is 15.8. The maximum atomic E-state index is 14.0. The van der Waals surface area contributed by atoms with Crippen LogP contribution in [0.25, 0.3) is 11.3 Å². The molecule has 0 unspecified atom stereocenters. The molecular weight excluding hydrogens is 389 g/mol. The molecule has 1 aliphatic rings. The first-order valence-electron chi connectivity index (χ1n) is 9.32. The summed E-state index contributed by atoms with van der Waals surface area (Å²) in [5, 5.41) is 21.5. The summed E-state index contributed by atoms with van der Waals surface area (Å²) in [7, 11) is 0. The smallest absolute Gasteiger partial charge is 0.288 e. The molecule has 2 N–H and O–H groups in total. The van der Waals surface area contributed by atoms with Gasteiger partial charge in [-0.15, -0.1) is 0 Å². The molecule has 0 fully saturated rings. The number of fused-ring (bicyclic) bond motifs is 2. The Morgan fingerprint density at radius 1 is 1.20 bits per heavy atom. The van der Waals surface area contributed by atoms with E-state index in [2.05, 4.69) is 31.0 Å². The highest BCUT2D eigenvalue weighted by Crippen LogP contribution is 2.41. The minimum atomic E-state index is -0.640. The van der Waals surface area contributed by atoms with E-state index in [-0.39, 0.29) is 11.6 Å². The van der Waals surface area contributed by atoms with Gasteiger partial charge in [0, 0.05) is 11.1 Å². The van der Waals surface area contributed by atoms with Gasteiger partial charge in [0.15, 0.2) is 0 Å². The molecule has 0 spiro atoms. The van der Waals surface area contributed by atoms with Crippen molar-refractivity contribution in [2.24, 2.45) is 0 Å². The Hall–Kier alpha value is -4.08. The fourth-order valence-electron chi connectivity index (χ4n) is 3.62. The third-order valence-corrected chi connectivity index (χ3v) is 4.87. The Bertz CT molecular complexity index is 1280. The Kier molecular flexibility index (Phi) is 4.24. The molecule has 0 saturated carbocycles. The van der Waals surface area contributed by atoms with Gasteiger partial charge in [0.1, 0.15) is 23.3 Å². The summed E-state index contributed by atoms with van der Waals surface area (Å²) in [5.74, 6) is 0.607. The van der Waals surface area contributed by atoms with Gasteiger partial charge < -0.3 is 10.1 Å². The van der Waals surface area contributed by atoms with Gasteiger partial charge in [0.25, 0.3) is 5.56 Å². The van der Waals surface area contributed by atoms with Gasteiger partial charge in [-0.2, -0.15) is 9.78 Å². The van der Waals surface area contributed by atoms with Crippen molar-refractivity contribution in [2.45, 2.75) is 13.0 Å². The van der Waals surface area contributed by atoms with Gasteiger partial charge in [-0.25, -0.2) is 9.49 Å². The fraction of sp³-hybridized carbons (Fsp3) is 0.150. The van der Waals surface area contributed by atoms with Crippen LogP contribution in [0.15, 0.2) is 53.3 Å². The zero-order valence-corrected chi connectivity index (χ0v) is 15.8. The number of nitrogens with zero attached hydrogens (tertiary/aromatic N) is 5. The van der Waals surface area contributed by atoms with Crippen molar-refractivity contribution in [1.29, 1.82) is 0 Å². The Morgan fingerprint density at radius 2 is 2.03 bits per heavy atom. The largest absolute Gasteiger partial charge is 0.494 e. The third kappa shape index (κ3) is 2.89. The van der Waals surface area contributed by atoms with Crippen molar-refractivity contribution < 1.29 is 9.13 Å². The maximum Gasteiger partial charge on any atom is 0.288 e. The number of H-pyrrole nitrogens is 1. The highest BCUT2D eigenvalue weighted by atomic mass is 19.1. The van der Waals surface area contributed by atoms with E-state index in [0.29, 0.717) is 23.4 Å². The number of rotatable bonds is 4. The van der Waals surface area contributed by atoms with E-state index in [1.807, 2.05) is 31.2 Å². The van der Waals surface area contributed by atoms with E-state index in [9.17, 15) is 9.18 Å². The maximum absolute atomic E-state index is 14.0. The van der Waals surface area contributed by atoms with Crippen LogP contribution < -0.4 is 15.6 Å². The minimum Gasteiger partial charge on any atom is -0.494 e. The number of anilines is 2. The summed E-state index contributed by atoms with van der Waals surface area (Å²) in [4.78, 5) is 12.6. The Balaban J connectivity index is 1.75. The zero-order chi connectivity index (χ0) is 20.7. The molecule has 9 nitrogen and oxygen atoms in total. The molecule has 2 aromatic carbocycles. The van der Waals surface area contributed by atoms with Crippen molar-refractivity contribution in [3.8, 4) is 17.0 Å². The van der Waals surface area contributed by atoms with Crippen molar-refractivity contribution in [1.82, 2.24) is 30.4 Å². The number of benzene rings is 2.